The molecule has 0 fully saturated rings. The van der Waals surface area contributed by atoms with Gasteiger partial charge in [0.2, 0.25) is 10.0 Å². The summed E-state index contributed by atoms with van der Waals surface area (Å²) >= 11 is 0. The van der Waals surface area contributed by atoms with Gasteiger partial charge in [0.05, 0.1) is 4.90 Å². The van der Waals surface area contributed by atoms with Crippen LogP contribution in [0, 0.1) is 27.7 Å². The molecule has 1 aromatic carbocycles. The van der Waals surface area contributed by atoms with E-state index in [0.717, 1.165) is 11.1 Å². The smallest absolute Gasteiger partial charge is 0.321 e. The summed E-state index contributed by atoms with van der Waals surface area (Å²) in [6, 6.07) is 0.547. The first-order valence-electron chi connectivity index (χ1n) is 6.55. The number of hydrogen-bond donors (Lipinski definition) is 3. The Hall–Kier alpha value is -1.44. The topological polar surface area (TPSA) is 104 Å². The minimum atomic E-state index is -3.97. The maximum atomic E-state index is 12.5. The lowest BCUT2D eigenvalue weighted by molar-refractivity contribution is -0.139. The van der Waals surface area contributed by atoms with Gasteiger partial charge in [-0.3, -0.25) is 4.79 Å². The molecule has 0 saturated heterocycles. The van der Waals surface area contributed by atoms with Crippen molar-refractivity contribution in [1.82, 2.24) is 4.72 Å². The molecule has 1 atom stereocenters. The number of aliphatic hydroxyl groups excluding tert-OH is 1. The van der Waals surface area contributed by atoms with Crippen molar-refractivity contribution in [1.29, 1.82) is 0 Å². The normalized spacial score (nSPS) is 13.2. The quantitative estimate of drug-likeness (QED) is 0.727. The average Bonchev–Trinajstić information content (AvgIpc) is 2.35. The van der Waals surface area contributed by atoms with E-state index in [-0.39, 0.29) is 11.3 Å². The summed E-state index contributed by atoms with van der Waals surface area (Å²) in [6.45, 7) is 6.59. The number of carbonyl (C=O) groups is 1. The van der Waals surface area contributed by atoms with Crippen LogP contribution in [0.5, 0.6) is 0 Å². The number of hydrogen-bond acceptors (Lipinski definition) is 4. The molecule has 1 aromatic rings. The van der Waals surface area contributed by atoms with Gasteiger partial charge in [0.1, 0.15) is 6.04 Å². The Morgan fingerprint density at radius 1 is 1.19 bits per heavy atom. The van der Waals surface area contributed by atoms with Crippen molar-refractivity contribution in [3.05, 3.63) is 28.3 Å². The second-order valence-corrected chi connectivity index (χ2v) is 6.76. The van der Waals surface area contributed by atoms with Gasteiger partial charge in [0, 0.05) is 6.61 Å². The zero-order valence-electron chi connectivity index (χ0n) is 12.6. The summed E-state index contributed by atoms with van der Waals surface area (Å²) in [5.41, 5.74) is 2.84. The van der Waals surface area contributed by atoms with Crippen molar-refractivity contribution < 1.29 is 23.4 Å². The molecular weight excluding hydrogens is 294 g/mol. The largest absolute Gasteiger partial charge is 0.480 e. The van der Waals surface area contributed by atoms with E-state index in [4.69, 9.17) is 10.2 Å². The second-order valence-electron chi connectivity index (χ2n) is 5.11. The first-order chi connectivity index (χ1) is 9.61. The molecular formula is C14H21NO5S. The lowest BCUT2D eigenvalue weighted by atomic mass is 10.0. The molecule has 1 unspecified atom stereocenters. The molecule has 0 amide bonds. The first kappa shape index (κ1) is 17.6. The summed E-state index contributed by atoms with van der Waals surface area (Å²) in [5.74, 6) is -1.31. The molecule has 6 nitrogen and oxygen atoms in total. The van der Waals surface area contributed by atoms with Gasteiger partial charge in [-0.05, 0) is 56.4 Å². The predicted octanol–water partition coefficient (Wildman–Crippen LogP) is 1.03. The summed E-state index contributed by atoms with van der Waals surface area (Å²) in [7, 11) is -3.97. The molecule has 7 heteroatoms. The molecule has 0 radical (unpaired) electrons. The molecule has 0 aliphatic rings. The summed E-state index contributed by atoms with van der Waals surface area (Å²) in [4.78, 5) is 11.2. The van der Waals surface area contributed by atoms with E-state index in [1.165, 1.54) is 0 Å². The molecule has 1 rings (SSSR count). The van der Waals surface area contributed by atoms with Crippen LogP contribution in [0.15, 0.2) is 11.0 Å². The fourth-order valence-electron chi connectivity index (χ4n) is 2.19. The molecule has 3 N–H and O–H groups in total. The van der Waals surface area contributed by atoms with Gasteiger partial charge in [0.25, 0.3) is 0 Å². The minimum absolute atomic E-state index is 0.115. The Morgan fingerprint density at radius 2 is 1.67 bits per heavy atom. The predicted molar refractivity (Wildman–Crippen MR) is 78.8 cm³/mol. The minimum Gasteiger partial charge on any atom is -0.480 e. The highest BCUT2D eigenvalue weighted by molar-refractivity contribution is 7.89. The van der Waals surface area contributed by atoms with E-state index in [1.54, 1.807) is 13.8 Å². The molecule has 21 heavy (non-hydrogen) atoms. The fraction of sp³-hybridized carbons (Fsp3) is 0.500. The third-order valence-electron chi connectivity index (χ3n) is 3.58. The van der Waals surface area contributed by atoms with Gasteiger partial charge in [-0.1, -0.05) is 6.07 Å². The van der Waals surface area contributed by atoms with Gasteiger partial charge in [-0.2, -0.15) is 4.72 Å². The maximum absolute atomic E-state index is 12.5. The van der Waals surface area contributed by atoms with Crippen molar-refractivity contribution in [3.8, 4) is 0 Å². The molecule has 0 heterocycles. The Labute approximate surface area is 124 Å². The van der Waals surface area contributed by atoms with Crippen LogP contribution in [-0.4, -0.2) is 37.2 Å². The van der Waals surface area contributed by atoms with Crippen LogP contribution in [-0.2, 0) is 14.8 Å². The number of aliphatic carboxylic acids is 1. The zero-order chi connectivity index (χ0) is 16.4. The molecule has 118 valence electrons. The third kappa shape index (κ3) is 3.81. The Bertz CT molecular complexity index is 626. The average molecular weight is 315 g/mol. The van der Waals surface area contributed by atoms with Crippen LogP contribution in [0.2, 0.25) is 0 Å². The van der Waals surface area contributed by atoms with Gasteiger partial charge in [-0.25, -0.2) is 8.42 Å². The zero-order valence-corrected chi connectivity index (χ0v) is 13.4. The maximum Gasteiger partial charge on any atom is 0.321 e. The van der Waals surface area contributed by atoms with Gasteiger partial charge in [0.15, 0.2) is 0 Å². The number of sulfonamides is 1. The number of carboxylic acids is 1. The highest BCUT2D eigenvalue weighted by Crippen LogP contribution is 2.26. The summed E-state index contributed by atoms with van der Waals surface area (Å²) in [6.07, 6.45) is -0.183. The van der Waals surface area contributed by atoms with Crippen molar-refractivity contribution in [3.63, 3.8) is 0 Å². The van der Waals surface area contributed by atoms with E-state index in [9.17, 15) is 13.2 Å². The van der Waals surface area contributed by atoms with Gasteiger partial charge < -0.3 is 10.2 Å². The number of aryl methyl sites for hydroxylation is 2. The lowest BCUT2D eigenvalue weighted by Gasteiger charge is -2.19. The standard InChI is InChI=1S/C14H21NO5S/c1-8-7-9(2)11(4)13(10(8)3)21(19,20)15-12(5-6-16)14(17)18/h7,12,15-16H,5-6H2,1-4H3,(H,17,18). The molecule has 0 aliphatic heterocycles. The Kier molecular flexibility index (Phi) is 5.49. The SMILES string of the molecule is Cc1cc(C)c(C)c(S(=O)(=O)NC(CCO)C(=O)O)c1C. The van der Waals surface area contributed by atoms with Crippen LogP contribution in [0.4, 0.5) is 0 Å². The van der Waals surface area contributed by atoms with E-state index in [1.807, 2.05) is 19.9 Å². The van der Waals surface area contributed by atoms with Crippen molar-refractivity contribution in [2.45, 2.75) is 45.1 Å². The van der Waals surface area contributed by atoms with Crippen molar-refractivity contribution in [2.75, 3.05) is 6.61 Å². The van der Waals surface area contributed by atoms with E-state index in [2.05, 4.69) is 4.72 Å². The molecule has 0 aliphatic carbocycles. The van der Waals surface area contributed by atoms with E-state index >= 15 is 0 Å². The van der Waals surface area contributed by atoms with Crippen LogP contribution in [0.1, 0.15) is 28.7 Å². The second kappa shape index (κ2) is 6.55. The van der Waals surface area contributed by atoms with Crippen molar-refractivity contribution >= 4 is 16.0 Å². The molecule has 0 aromatic heterocycles. The van der Waals surface area contributed by atoms with Crippen molar-refractivity contribution in [2.24, 2.45) is 0 Å². The lowest BCUT2D eigenvalue weighted by Crippen LogP contribution is -2.41. The van der Waals surface area contributed by atoms with Crippen LogP contribution < -0.4 is 4.72 Å². The monoisotopic (exact) mass is 315 g/mol. The number of nitrogens with one attached hydrogen (secondary N) is 1. The van der Waals surface area contributed by atoms with Crippen LogP contribution in [0.3, 0.4) is 0 Å². The Morgan fingerprint density at radius 3 is 2.05 bits per heavy atom. The van der Waals surface area contributed by atoms with E-state index in [0.29, 0.717) is 11.1 Å². The molecule has 0 bridgehead atoms. The van der Waals surface area contributed by atoms with Gasteiger partial charge >= 0.3 is 5.97 Å². The fourth-order valence-corrected chi connectivity index (χ4v) is 4.03. The van der Waals surface area contributed by atoms with Gasteiger partial charge in [-0.15, -0.1) is 0 Å². The highest BCUT2D eigenvalue weighted by Gasteiger charge is 2.28. The molecule has 0 spiro atoms. The van der Waals surface area contributed by atoms with Crippen LogP contribution in [0.25, 0.3) is 0 Å². The number of benzene rings is 1. The first-order valence-corrected chi connectivity index (χ1v) is 8.03. The number of carboxylic acid groups (broad SMARTS) is 1. The third-order valence-corrected chi connectivity index (χ3v) is 5.32. The Balaban J connectivity index is 3.35. The number of aliphatic hydroxyl groups is 1. The number of rotatable bonds is 6. The summed E-state index contributed by atoms with van der Waals surface area (Å²) < 4.78 is 27.2. The van der Waals surface area contributed by atoms with Crippen LogP contribution >= 0.6 is 0 Å². The molecule has 0 saturated carbocycles. The highest BCUT2D eigenvalue weighted by atomic mass is 32.2. The summed E-state index contributed by atoms with van der Waals surface area (Å²) in [5, 5.41) is 17.9. The van der Waals surface area contributed by atoms with E-state index < -0.39 is 28.6 Å².